The van der Waals surface area contributed by atoms with E-state index < -0.39 is 0 Å². The molecule has 0 heterocycles. The maximum Gasteiger partial charge on any atom is 0.293 e. The second-order valence-electron chi connectivity index (χ2n) is 3.45. The van der Waals surface area contributed by atoms with Crippen LogP contribution in [0.1, 0.15) is 25.7 Å². The number of carbonyl (C=O) groups is 1. The van der Waals surface area contributed by atoms with E-state index in [0.717, 1.165) is 12.3 Å². The number of ether oxygens (including phenoxy) is 1. The quantitative estimate of drug-likeness (QED) is 0.541. The summed E-state index contributed by atoms with van der Waals surface area (Å²) in [5.74, 6) is 1.57. The van der Waals surface area contributed by atoms with Crippen molar-refractivity contribution in [2.75, 3.05) is 0 Å². The zero-order valence-corrected chi connectivity index (χ0v) is 5.95. The molecule has 0 radical (unpaired) electrons. The molecule has 2 heteroatoms. The van der Waals surface area contributed by atoms with E-state index >= 15 is 0 Å². The molecule has 0 N–H and O–H groups in total. The summed E-state index contributed by atoms with van der Waals surface area (Å²) >= 11 is 0. The monoisotopic (exact) mass is 140 g/mol. The molecular formula is C8H12O2. The summed E-state index contributed by atoms with van der Waals surface area (Å²) in [7, 11) is 0. The number of hydrogen-bond acceptors (Lipinski definition) is 2. The Hall–Kier alpha value is -0.530. The molecule has 2 saturated carbocycles. The van der Waals surface area contributed by atoms with Crippen LogP contribution in [-0.4, -0.2) is 12.6 Å². The van der Waals surface area contributed by atoms with Gasteiger partial charge in [-0.1, -0.05) is 0 Å². The Labute approximate surface area is 60.6 Å². The normalized spacial score (nSPS) is 43.8. The average molecular weight is 140 g/mol. The van der Waals surface area contributed by atoms with Crippen LogP contribution in [0.4, 0.5) is 0 Å². The number of carbonyl (C=O) groups excluding carboxylic acids is 1. The van der Waals surface area contributed by atoms with Crippen molar-refractivity contribution in [2.24, 2.45) is 11.8 Å². The van der Waals surface area contributed by atoms with Crippen LogP contribution in [-0.2, 0) is 9.53 Å². The molecule has 2 aliphatic carbocycles. The molecule has 56 valence electrons. The van der Waals surface area contributed by atoms with Crippen molar-refractivity contribution in [3.8, 4) is 0 Å². The van der Waals surface area contributed by atoms with Gasteiger partial charge < -0.3 is 4.74 Å². The summed E-state index contributed by atoms with van der Waals surface area (Å²) in [6.07, 6.45) is 5.35. The number of hydrogen-bond donors (Lipinski definition) is 0. The Morgan fingerprint density at radius 1 is 1.30 bits per heavy atom. The molecule has 0 saturated heterocycles. The molecule has 2 bridgehead atoms. The number of fused-ring (bicyclic) bond motifs is 2. The van der Waals surface area contributed by atoms with Gasteiger partial charge in [0.25, 0.3) is 6.47 Å². The van der Waals surface area contributed by atoms with Gasteiger partial charge in [0, 0.05) is 0 Å². The molecule has 0 aromatic carbocycles. The second-order valence-corrected chi connectivity index (χ2v) is 3.45. The Kier molecular flexibility index (Phi) is 1.40. The largest absolute Gasteiger partial charge is 0.464 e. The molecule has 3 atom stereocenters. The molecule has 0 amide bonds. The van der Waals surface area contributed by atoms with Crippen molar-refractivity contribution >= 4 is 6.47 Å². The highest BCUT2D eigenvalue weighted by Crippen LogP contribution is 2.45. The molecular weight excluding hydrogens is 128 g/mol. The van der Waals surface area contributed by atoms with Crippen molar-refractivity contribution in [2.45, 2.75) is 31.8 Å². The molecule has 10 heavy (non-hydrogen) atoms. The molecule has 0 aliphatic heterocycles. The lowest BCUT2D eigenvalue weighted by Crippen LogP contribution is -2.19. The van der Waals surface area contributed by atoms with Gasteiger partial charge in [0.2, 0.25) is 0 Å². The van der Waals surface area contributed by atoms with E-state index in [9.17, 15) is 4.79 Å². The molecule has 2 nitrogen and oxygen atoms in total. The summed E-state index contributed by atoms with van der Waals surface area (Å²) < 4.78 is 4.96. The van der Waals surface area contributed by atoms with E-state index in [1.54, 1.807) is 0 Å². The van der Waals surface area contributed by atoms with E-state index in [1.807, 2.05) is 0 Å². The molecule has 0 spiro atoms. The molecule has 2 aliphatic rings. The van der Waals surface area contributed by atoms with E-state index in [0.29, 0.717) is 12.4 Å². The van der Waals surface area contributed by atoms with Crippen LogP contribution in [0, 0.1) is 11.8 Å². The van der Waals surface area contributed by atoms with Crippen LogP contribution in [0.25, 0.3) is 0 Å². The molecule has 0 aromatic heterocycles. The third-order valence-corrected chi connectivity index (χ3v) is 2.90. The first-order valence-corrected chi connectivity index (χ1v) is 3.99. The van der Waals surface area contributed by atoms with Gasteiger partial charge >= 0.3 is 0 Å². The zero-order valence-electron chi connectivity index (χ0n) is 5.95. The fourth-order valence-electron chi connectivity index (χ4n) is 2.42. The van der Waals surface area contributed by atoms with Crippen LogP contribution in [0.5, 0.6) is 0 Å². The molecule has 0 unspecified atom stereocenters. The van der Waals surface area contributed by atoms with E-state index in [-0.39, 0.29) is 6.10 Å². The van der Waals surface area contributed by atoms with Crippen molar-refractivity contribution < 1.29 is 9.53 Å². The van der Waals surface area contributed by atoms with Gasteiger partial charge in [-0.25, -0.2) is 0 Å². The fraction of sp³-hybridized carbons (Fsp3) is 0.875. The Bertz CT molecular complexity index is 144. The minimum absolute atomic E-state index is 0.274. The maximum atomic E-state index is 10.0. The fourth-order valence-corrected chi connectivity index (χ4v) is 2.42. The predicted octanol–water partition coefficient (Wildman–Crippen LogP) is 1.35. The van der Waals surface area contributed by atoms with Gasteiger partial charge in [-0.15, -0.1) is 0 Å². The van der Waals surface area contributed by atoms with Crippen molar-refractivity contribution in [3.63, 3.8) is 0 Å². The highest BCUT2D eigenvalue weighted by atomic mass is 16.5. The molecule has 0 aromatic rings. The summed E-state index contributed by atoms with van der Waals surface area (Å²) in [6, 6.07) is 0. The Balaban J connectivity index is 1.95. The zero-order chi connectivity index (χ0) is 6.97. The van der Waals surface area contributed by atoms with Crippen molar-refractivity contribution in [1.82, 2.24) is 0 Å². The first-order chi connectivity index (χ1) is 4.90. The second kappa shape index (κ2) is 2.26. The average Bonchev–Trinajstić information content (AvgIpc) is 2.48. The highest BCUT2D eigenvalue weighted by molar-refractivity contribution is 5.37. The third-order valence-electron chi connectivity index (χ3n) is 2.90. The van der Waals surface area contributed by atoms with Gasteiger partial charge in [0.05, 0.1) is 0 Å². The summed E-state index contributed by atoms with van der Waals surface area (Å²) in [5, 5.41) is 0. The lowest BCUT2D eigenvalue weighted by atomic mass is 9.98. The highest BCUT2D eigenvalue weighted by Gasteiger charge is 2.40. The first-order valence-electron chi connectivity index (χ1n) is 3.99. The van der Waals surface area contributed by atoms with Gasteiger partial charge in [0.15, 0.2) is 0 Å². The van der Waals surface area contributed by atoms with Gasteiger partial charge in [0.1, 0.15) is 6.10 Å². The van der Waals surface area contributed by atoms with Crippen LogP contribution in [0.3, 0.4) is 0 Å². The minimum atomic E-state index is 0.274. The van der Waals surface area contributed by atoms with E-state index in [1.165, 1.54) is 19.3 Å². The maximum absolute atomic E-state index is 10.0. The smallest absolute Gasteiger partial charge is 0.293 e. The van der Waals surface area contributed by atoms with E-state index in [2.05, 4.69) is 0 Å². The predicted molar refractivity (Wildman–Crippen MR) is 36.4 cm³/mol. The lowest BCUT2D eigenvalue weighted by molar-refractivity contribution is -0.135. The number of rotatable bonds is 2. The van der Waals surface area contributed by atoms with Crippen LogP contribution >= 0.6 is 0 Å². The van der Waals surface area contributed by atoms with Crippen LogP contribution in [0.15, 0.2) is 0 Å². The molecule has 2 rings (SSSR count). The van der Waals surface area contributed by atoms with Gasteiger partial charge in [-0.3, -0.25) is 4.79 Å². The Morgan fingerprint density at radius 3 is 2.70 bits per heavy atom. The standard InChI is InChI=1S/C8H12O2/c9-5-10-8-4-6-1-2-7(8)3-6/h5-8H,1-4H2/t6-,7-,8+/m1/s1. The summed E-state index contributed by atoms with van der Waals surface area (Å²) in [5.41, 5.74) is 0. The lowest BCUT2D eigenvalue weighted by Gasteiger charge is -2.18. The minimum Gasteiger partial charge on any atom is -0.464 e. The summed E-state index contributed by atoms with van der Waals surface area (Å²) in [4.78, 5) is 10.0. The first kappa shape index (κ1) is 6.20. The third kappa shape index (κ3) is 0.825. The van der Waals surface area contributed by atoms with Crippen LogP contribution in [0.2, 0.25) is 0 Å². The summed E-state index contributed by atoms with van der Waals surface area (Å²) in [6.45, 7) is 0.603. The van der Waals surface area contributed by atoms with Crippen molar-refractivity contribution in [3.05, 3.63) is 0 Å². The van der Waals surface area contributed by atoms with Crippen LogP contribution < -0.4 is 0 Å². The van der Waals surface area contributed by atoms with Crippen molar-refractivity contribution in [1.29, 1.82) is 0 Å². The molecule has 2 fully saturated rings. The van der Waals surface area contributed by atoms with Gasteiger partial charge in [-0.05, 0) is 37.5 Å². The van der Waals surface area contributed by atoms with Gasteiger partial charge in [-0.2, -0.15) is 0 Å². The topological polar surface area (TPSA) is 26.3 Å². The van der Waals surface area contributed by atoms with E-state index in [4.69, 9.17) is 4.74 Å². The SMILES string of the molecule is O=CO[C@H]1C[C@@H]2CC[C@@H]1C2. The Morgan fingerprint density at radius 2 is 2.20 bits per heavy atom.